The number of nitrogens with zero attached hydrogens (tertiary/aromatic N) is 5. The van der Waals surface area contributed by atoms with E-state index < -0.39 is 0 Å². The maximum atomic E-state index is 13.1. The van der Waals surface area contributed by atoms with Gasteiger partial charge in [0.2, 0.25) is 5.95 Å². The molecule has 3 aromatic rings. The zero-order valence-electron chi connectivity index (χ0n) is 15.6. The van der Waals surface area contributed by atoms with Crippen LogP contribution in [0.4, 0.5) is 5.95 Å². The predicted molar refractivity (Wildman–Crippen MR) is 110 cm³/mol. The number of piperidine rings is 1. The van der Waals surface area contributed by atoms with Crippen molar-refractivity contribution in [1.29, 1.82) is 0 Å². The number of benzene rings is 1. The number of imidazole rings is 1. The zero-order chi connectivity index (χ0) is 19.0. The number of aromatic nitrogens is 4. The van der Waals surface area contributed by atoms with Gasteiger partial charge in [-0.05, 0) is 24.7 Å². The molecule has 1 saturated heterocycles. The summed E-state index contributed by atoms with van der Waals surface area (Å²) < 4.78 is 3.60. The molecule has 1 unspecified atom stereocenters. The van der Waals surface area contributed by atoms with Gasteiger partial charge < -0.3 is 10.6 Å². The number of hydrogen-bond donors (Lipinski definition) is 1. The largest absolute Gasteiger partial charge is 0.341 e. The highest BCUT2D eigenvalue weighted by atomic mass is 32.2. The molecule has 0 aliphatic carbocycles. The third-order valence-corrected chi connectivity index (χ3v) is 5.76. The third-order valence-electron chi connectivity index (χ3n) is 5.03. The number of hydrogen-bond acceptors (Lipinski definition) is 6. The van der Waals surface area contributed by atoms with E-state index in [-0.39, 0.29) is 11.6 Å². The molecular formula is C19H24N6OS. The molecule has 142 valence electrons. The smallest absolute Gasteiger partial charge is 0.280 e. The Hall–Kier alpha value is -2.32. The fourth-order valence-corrected chi connectivity index (χ4v) is 4.20. The minimum Gasteiger partial charge on any atom is -0.341 e. The van der Waals surface area contributed by atoms with Crippen molar-refractivity contribution in [2.24, 2.45) is 12.8 Å². The third kappa shape index (κ3) is 3.35. The Labute approximate surface area is 162 Å². The Kier molecular flexibility index (Phi) is 4.92. The highest BCUT2D eigenvalue weighted by Crippen LogP contribution is 2.25. The van der Waals surface area contributed by atoms with Gasteiger partial charge in [0.15, 0.2) is 16.3 Å². The molecule has 1 aliphatic rings. The van der Waals surface area contributed by atoms with Crippen molar-refractivity contribution in [3.63, 3.8) is 0 Å². The van der Waals surface area contributed by atoms with E-state index in [2.05, 4.69) is 22.0 Å². The van der Waals surface area contributed by atoms with Crippen molar-refractivity contribution in [1.82, 2.24) is 19.1 Å². The van der Waals surface area contributed by atoms with Crippen LogP contribution < -0.4 is 16.2 Å². The van der Waals surface area contributed by atoms with Gasteiger partial charge in [0.05, 0.1) is 6.54 Å². The SMILES string of the molecule is CSc1nc2nc(N3CCCC(N)C3)n(Cc3ccccc3)c2c(=O)n1C. The lowest BCUT2D eigenvalue weighted by Crippen LogP contribution is -2.44. The van der Waals surface area contributed by atoms with E-state index in [1.165, 1.54) is 11.8 Å². The summed E-state index contributed by atoms with van der Waals surface area (Å²) >= 11 is 1.45. The molecule has 2 aromatic heterocycles. The first-order chi connectivity index (χ1) is 13.1. The number of nitrogens with two attached hydrogens (primary N) is 1. The molecular weight excluding hydrogens is 360 g/mol. The molecule has 1 aliphatic heterocycles. The Morgan fingerprint density at radius 1 is 1.26 bits per heavy atom. The highest BCUT2D eigenvalue weighted by molar-refractivity contribution is 7.98. The van der Waals surface area contributed by atoms with Gasteiger partial charge in [-0.25, -0.2) is 4.98 Å². The Morgan fingerprint density at radius 3 is 2.74 bits per heavy atom. The quantitative estimate of drug-likeness (QED) is 0.546. The zero-order valence-corrected chi connectivity index (χ0v) is 16.4. The standard InChI is InChI=1S/C19H24N6OS/c1-23-17(26)15-16(22-19(23)27-2)21-18(24-10-6-9-14(20)12-24)25(15)11-13-7-4-3-5-8-13/h3-5,7-8,14H,6,9-12,20H2,1-2H3. The van der Waals surface area contributed by atoms with E-state index in [0.29, 0.717) is 22.9 Å². The normalized spacial score (nSPS) is 17.6. The molecule has 0 bridgehead atoms. The van der Waals surface area contributed by atoms with Crippen LogP contribution in [0, 0.1) is 0 Å². The predicted octanol–water partition coefficient (Wildman–Crippen LogP) is 1.83. The topological polar surface area (TPSA) is 82.0 Å². The second-order valence-electron chi connectivity index (χ2n) is 6.97. The van der Waals surface area contributed by atoms with Crippen LogP contribution in [0.25, 0.3) is 11.2 Å². The number of anilines is 1. The second kappa shape index (κ2) is 7.36. The monoisotopic (exact) mass is 384 g/mol. The summed E-state index contributed by atoms with van der Waals surface area (Å²) in [6, 6.07) is 10.3. The van der Waals surface area contributed by atoms with Crippen LogP contribution in [0.1, 0.15) is 18.4 Å². The lowest BCUT2D eigenvalue weighted by molar-refractivity contribution is 0.495. The molecule has 27 heavy (non-hydrogen) atoms. The van der Waals surface area contributed by atoms with Crippen LogP contribution in [-0.4, -0.2) is 44.5 Å². The molecule has 0 radical (unpaired) electrons. The van der Waals surface area contributed by atoms with Gasteiger partial charge in [-0.1, -0.05) is 42.1 Å². The van der Waals surface area contributed by atoms with E-state index in [9.17, 15) is 4.79 Å². The van der Waals surface area contributed by atoms with Crippen LogP contribution in [0.3, 0.4) is 0 Å². The van der Waals surface area contributed by atoms with Gasteiger partial charge in [-0.3, -0.25) is 13.9 Å². The van der Waals surface area contributed by atoms with Gasteiger partial charge in [0.1, 0.15) is 0 Å². The summed E-state index contributed by atoms with van der Waals surface area (Å²) in [5.41, 5.74) is 8.30. The van der Waals surface area contributed by atoms with E-state index >= 15 is 0 Å². The summed E-state index contributed by atoms with van der Waals surface area (Å²) in [5, 5.41) is 0.666. The summed E-state index contributed by atoms with van der Waals surface area (Å²) in [5.74, 6) is 0.784. The molecule has 1 fully saturated rings. The van der Waals surface area contributed by atoms with E-state index in [0.717, 1.165) is 37.4 Å². The van der Waals surface area contributed by atoms with Crippen molar-refractivity contribution in [2.45, 2.75) is 30.6 Å². The summed E-state index contributed by atoms with van der Waals surface area (Å²) in [7, 11) is 1.76. The molecule has 8 heteroatoms. The number of thioether (sulfide) groups is 1. The van der Waals surface area contributed by atoms with Gasteiger partial charge >= 0.3 is 0 Å². The van der Waals surface area contributed by atoms with Crippen molar-refractivity contribution in [3.8, 4) is 0 Å². The number of fused-ring (bicyclic) bond motifs is 1. The van der Waals surface area contributed by atoms with Gasteiger partial charge in [0, 0.05) is 26.2 Å². The summed E-state index contributed by atoms with van der Waals surface area (Å²) in [4.78, 5) is 24.7. The van der Waals surface area contributed by atoms with Crippen molar-refractivity contribution in [3.05, 3.63) is 46.2 Å². The van der Waals surface area contributed by atoms with E-state index in [4.69, 9.17) is 10.7 Å². The molecule has 0 amide bonds. The minimum atomic E-state index is -0.0691. The summed E-state index contributed by atoms with van der Waals surface area (Å²) in [6.45, 7) is 2.21. The van der Waals surface area contributed by atoms with Crippen LogP contribution in [-0.2, 0) is 13.6 Å². The van der Waals surface area contributed by atoms with Crippen molar-refractivity contribution < 1.29 is 0 Å². The fourth-order valence-electron chi connectivity index (χ4n) is 3.66. The first-order valence-electron chi connectivity index (χ1n) is 9.14. The molecule has 4 rings (SSSR count). The van der Waals surface area contributed by atoms with E-state index in [1.54, 1.807) is 11.6 Å². The van der Waals surface area contributed by atoms with Crippen LogP contribution in [0.2, 0.25) is 0 Å². The Balaban J connectivity index is 1.91. The Morgan fingerprint density at radius 2 is 2.04 bits per heavy atom. The Bertz CT molecular complexity index is 1010. The van der Waals surface area contributed by atoms with E-state index in [1.807, 2.05) is 29.0 Å². The molecule has 7 nitrogen and oxygen atoms in total. The molecule has 0 spiro atoms. The molecule has 3 heterocycles. The van der Waals surface area contributed by atoms with Crippen molar-refractivity contribution in [2.75, 3.05) is 24.2 Å². The minimum absolute atomic E-state index is 0.0691. The fraction of sp³-hybridized carbons (Fsp3) is 0.421. The van der Waals surface area contributed by atoms with Crippen molar-refractivity contribution >= 4 is 28.9 Å². The molecule has 1 aromatic carbocycles. The van der Waals surface area contributed by atoms with Crippen LogP contribution in [0.15, 0.2) is 40.3 Å². The lowest BCUT2D eigenvalue weighted by atomic mass is 10.1. The lowest BCUT2D eigenvalue weighted by Gasteiger charge is -2.31. The molecule has 1 atom stereocenters. The second-order valence-corrected chi connectivity index (χ2v) is 7.74. The van der Waals surface area contributed by atoms with Crippen LogP contribution in [0.5, 0.6) is 0 Å². The molecule has 0 saturated carbocycles. The maximum Gasteiger partial charge on any atom is 0.280 e. The average Bonchev–Trinajstić information content (AvgIpc) is 3.04. The molecule has 2 N–H and O–H groups in total. The first kappa shape index (κ1) is 18.1. The maximum absolute atomic E-state index is 13.1. The first-order valence-corrected chi connectivity index (χ1v) is 10.4. The van der Waals surface area contributed by atoms with Crippen LogP contribution >= 0.6 is 11.8 Å². The van der Waals surface area contributed by atoms with Gasteiger partial charge in [0.25, 0.3) is 5.56 Å². The van der Waals surface area contributed by atoms with Gasteiger partial charge in [-0.2, -0.15) is 4.98 Å². The number of rotatable bonds is 4. The summed E-state index contributed by atoms with van der Waals surface area (Å²) in [6.07, 6.45) is 3.96. The average molecular weight is 385 g/mol. The highest BCUT2D eigenvalue weighted by Gasteiger charge is 2.25. The van der Waals surface area contributed by atoms with Gasteiger partial charge in [-0.15, -0.1) is 0 Å².